The van der Waals surface area contributed by atoms with Crippen LogP contribution in [0.25, 0.3) is 44.8 Å². The quantitative estimate of drug-likeness (QED) is 0.205. The molecule has 0 fully saturated rings. The van der Waals surface area contributed by atoms with E-state index < -0.39 is 0 Å². The Kier molecular flexibility index (Phi) is 7.10. The predicted octanol–water partition coefficient (Wildman–Crippen LogP) is 7.21. The van der Waals surface area contributed by atoms with Gasteiger partial charge in [-0.15, -0.1) is 21.5 Å². The van der Waals surface area contributed by atoms with Gasteiger partial charge in [-0.1, -0.05) is 84.0 Å². The lowest BCUT2D eigenvalue weighted by Crippen LogP contribution is -2.14. The minimum atomic E-state index is -0.165. The van der Waals surface area contributed by atoms with Crippen molar-refractivity contribution >= 4 is 56.6 Å². The molecule has 0 bridgehead atoms. The van der Waals surface area contributed by atoms with Crippen LogP contribution in [-0.4, -0.2) is 36.4 Å². The van der Waals surface area contributed by atoms with Crippen molar-refractivity contribution in [2.24, 2.45) is 7.05 Å². The van der Waals surface area contributed by atoms with Crippen molar-refractivity contribution in [3.8, 4) is 33.9 Å². The highest BCUT2D eigenvalue weighted by atomic mass is 35.5. The van der Waals surface area contributed by atoms with Crippen molar-refractivity contribution in [2.75, 3.05) is 11.1 Å². The summed E-state index contributed by atoms with van der Waals surface area (Å²) < 4.78 is 1.91. The van der Waals surface area contributed by atoms with E-state index in [-0.39, 0.29) is 11.7 Å². The van der Waals surface area contributed by atoms with Gasteiger partial charge in [0.1, 0.15) is 0 Å². The first kappa shape index (κ1) is 25.2. The Morgan fingerprint density at radius 1 is 0.923 bits per heavy atom. The molecule has 10 heteroatoms. The number of thiazole rings is 1. The average molecular weight is 569 g/mol. The fourth-order valence-electron chi connectivity index (χ4n) is 4.16. The minimum Gasteiger partial charge on any atom is -0.305 e. The van der Waals surface area contributed by atoms with E-state index in [9.17, 15) is 4.79 Å². The molecule has 3 aromatic carbocycles. The zero-order valence-corrected chi connectivity index (χ0v) is 23.1. The van der Waals surface area contributed by atoms with E-state index in [4.69, 9.17) is 16.6 Å². The molecule has 6 rings (SSSR count). The summed E-state index contributed by atoms with van der Waals surface area (Å²) in [5.41, 5.74) is 5.44. The summed E-state index contributed by atoms with van der Waals surface area (Å²) in [6.45, 7) is 0. The molecule has 6 aromatic rings. The number of para-hydroxylation sites is 1. The lowest BCUT2D eigenvalue weighted by molar-refractivity contribution is -0.113. The number of aromatic nitrogens is 5. The third-order valence-electron chi connectivity index (χ3n) is 6.08. The van der Waals surface area contributed by atoms with Crippen molar-refractivity contribution in [3.05, 3.63) is 95.3 Å². The first-order chi connectivity index (χ1) is 19.0. The number of rotatable bonds is 7. The molecule has 0 radical (unpaired) electrons. The lowest BCUT2D eigenvalue weighted by Gasteiger charge is -2.10. The van der Waals surface area contributed by atoms with Crippen LogP contribution >= 0.6 is 34.7 Å². The van der Waals surface area contributed by atoms with Gasteiger partial charge in [-0.2, -0.15) is 0 Å². The van der Waals surface area contributed by atoms with Gasteiger partial charge < -0.3 is 9.88 Å². The van der Waals surface area contributed by atoms with Gasteiger partial charge in [-0.3, -0.25) is 4.79 Å². The predicted molar refractivity (Wildman–Crippen MR) is 159 cm³/mol. The van der Waals surface area contributed by atoms with Crippen LogP contribution in [-0.2, 0) is 11.8 Å². The molecule has 0 aliphatic rings. The molecular weight excluding hydrogens is 548 g/mol. The molecule has 0 atom stereocenters. The van der Waals surface area contributed by atoms with Crippen molar-refractivity contribution in [1.82, 2.24) is 24.7 Å². The maximum atomic E-state index is 12.7. The molecule has 0 aliphatic carbocycles. The smallest absolute Gasteiger partial charge is 0.236 e. The van der Waals surface area contributed by atoms with Gasteiger partial charge in [0.05, 0.1) is 22.7 Å². The zero-order chi connectivity index (χ0) is 26.8. The van der Waals surface area contributed by atoms with Gasteiger partial charge in [0.25, 0.3) is 0 Å². The molecule has 192 valence electrons. The van der Waals surface area contributed by atoms with E-state index in [1.54, 1.807) is 0 Å². The van der Waals surface area contributed by atoms with Crippen molar-refractivity contribution in [3.63, 3.8) is 0 Å². The molecule has 1 amide bonds. The summed E-state index contributed by atoms with van der Waals surface area (Å²) >= 11 is 8.68. The fraction of sp³-hybridized carbons (Fsp3) is 0.0690. The maximum absolute atomic E-state index is 12.7. The Morgan fingerprint density at radius 2 is 1.67 bits per heavy atom. The van der Waals surface area contributed by atoms with E-state index >= 15 is 0 Å². The van der Waals surface area contributed by atoms with Crippen LogP contribution in [0.1, 0.15) is 0 Å². The average Bonchev–Trinajstić information content (AvgIpc) is 3.58. The van der Waals surface area contributed by atoms with Crippen LogP contribution < -0.4 is 5.32 Å². The molecule has 39 heavy (non-hydrogen) atoms. The fourth-order valence-corrected chi connectivity index (χ4v) is 5.74. The number of amides is 1. The van der Waals surface area contributed by atoms with Crippen molar-refractivity contribution < 1.29 is 4.79 Å². The second kappa shape index (κ2) is 11.0. The number of anilines is 1. The molecule has 1 N–H and O–H groups in total. The number of hydrogen-bond donors (Lipinski definition) is 1. The third-order valence-corrected chi connectivity index (χ3v) is 8.11. The van der Waals surface area contributed by atoms with Crippen LogP contribution in [0.3, 0.4) is 0 Å². The Morgan fingerprint density at radius 3 is 2.49 bits per heavy atom. The number of fused-ring (bicyclic) bond motifs is 1. The Labute approximate surface area is 237 Å². The molecule has 0 unspecified atom stereocenters. The minimum absolute atomic E-state index is 0.165. The number of carbonyl (C=O) groups excluding carboxylic acids is 1. The number of nitrogens with zero attached hydrogens (tertiary/aromatic N) is 5. The van der Waals surface area contributed by atoms with Gasteiger partial charge in [0.15, 0.2) is 16.1 Å². The highest BCUT2D eigenvalue weighted by Gasteiger charge is 2.17. The summed E-state index contributed by atoms with van der Waals surface area (Å²) in [5, 5.41) is 16.5. The molecule has 0 saturated heterocycles. The van der Waals surface area contributed by atoms with Gasteiger partial charge in [0, 0.05) is 39.5 Å². The molecule has 3 aromatic heterocycles. The Bertz CT molecular complexity index is 1780. The van der Waals surface area contributed by atoms with Gasteiger partial charge >= 0.3 is 0 Å². The molecular formula is C29H21ClN6OS2. The molecule has 0 spiro atoms. The van der Waals surface area contributed by atoms with Gasteiger partial charge in [-0.25, -0.2) is 9.97 Å². The van der Waals surface area contributed by atoms with Gasteiger partial charge in [-0.05, 0) is 24.3 Å². The highest BCUT2D eigenvalue weighted by Crippen LogP contribution is 2.32. The summed E-state index contributed by atoms with van der Waals surface area (Å²) in [6, 6.07) is 27.5. The van der Waals surface area contributed by atoms with Gasteiger partial charge in [0.2, 0.25) is 5.91 Å². The number of thioether (sulfide) groups is 1. The monoisotopic (exact) mass is 568 g/mol. The Balaban J connectivity index is 1.19. The van der Waals surface area contributed by atoms with E-state index in [1.165, 1.54) is 23.1 Å². The SMILES string of the molecule is Cn1c(SCC(=O)Nc2nc(-c3ccc(Cl)cc3)cs2)nnc1-c1cc(-c2ccccc2)nc2ccccc12. The maximum Gasteiger partial charge on any atom is 0.236 e. The van der Waals surface area contributed by atoms with Crippen molar-refractivity contribution in [2.45, 2.75) is 5.16 Å². The third kappa shape index (κ3) is 5.42. The molecule has 0 aliphatic heterocycles. The highest BCUT2D eigenvalue weighted by molar-refractivity contribution is 7.99. The number of nitrogens with one attached hydrogen (secondary N) is 1. The summed E-state index contributed by atoms with van der Waals surface area (Å²) in [4.78, 5) is 22.1. The summed E-state index contributed by atoms with van der Waals surface area (Å²) in [6.07, 6.45) is 0. The lowest BCUT2D eigenvalue weighted by atomic mass is 10.0. The number of benzene rings is 3. The number of hydrogen-bond acceptors (Lipinski definition) is 7. The topological polar surface area (TPSA) is 85.6 Å². The van der Waals surface area contributed by atoms with E-state index in [1.807, 2.05) is 102 Å². The van der Waals surface area contributed by atoms with E-state index in [0.29, 0.717) is 21.1 Å². The standard InChI is InChI=1S/C29H21ClN6OS2/c1-36-27(22-15-24(18-7-3-2-4-8-18)31-23-10-6-5-9-21(22)23)34-35-29(36)39-17-26(37)33-28-32-25(16-38-28)19-11-13-20(30)14-12-19/h2-16H,17H2,1H3,(H,32,33,37). The second-order valence-corrected chi connectivity index (χ2v) is 10.9. The van der Waals surface area contributed by atoms with Crippen LogP contribution in [0, 0.1) is 0 Å². The van der Waals surface area contributed by atoms with Crippen LogP contribution in [0.15, 0.2) is 95.5 Å². The normalized spacial score (nSPS) is 11.1. The van der Waals surface area contributed by atoms with Crippen molar-refractivity contribution in [1.29, 1.82) is 0 Å². The first-order valence-corrected chi connectivity index (χ1v) is 14.3. The summed E-state index contributed by atoms with van der Waals surface area (Å²) in [5.74, 6) is 0.720. The van der Waals surface area contributed by atoms with Crippen LogP contribution in [0.5, 0.6) is 0 Å². The zero-order valence-electron chi connectivity index (χ0n) is 20.7. The summed E-state index contributed by atoms with van der Waals surface area (Å²) in [7, 11) is 1.91. The molecule has 7 nitrogen and oxygen atoms in total. The van der Waals surface area contributed by atoms with Crippen LogP contribution in [0.4, 0.5) is 5.13 Å². The van der Waals surface area contributed by atoms with E-state index in [2.05, 4.69) is 20.5 Å². The van der Waals surface area contributed by atoms with E-state index in [0.717, 1.165) is 39.0 Å². The van der Waals surface area contributed by atoms with Crippen LogP contribution in [0.2, 0.25) is 5.02 Å². The number of halogens is 1. The molecule has 3 heterocycles. The first-order valence-electron chi connectivity index (χ1n) is 12.0. The second-order valence-electron chi connectivity index (χ2n) is 8.69. The molecule has 0 saturated carbocycles. The Hall–Kier alpha value is -4.05. The largest absolute Gasteiger partial charge is 0.305 e. The number of pyridine rings is 1. The number of carbonyl (C=O) groups is 1.